The Morgan fingerprint density at radius 2 is 1.42 bits per heavy atom. The van der Waals surface area contributed by atoms with Gasteiger partial charge in [-0.25, -0.2) is 4.39 Å². The molecule has 2 nitrogen and oxygen atoms in total. The summed E-state index contributed by atoms with van der Waals surface area (Å²) in [5, 5.41) is 9.57. The molecule has 1 N–H and O–H groups in total. The van der Waals surface area contributed by atoms with E-state index in [1.165, 1.54) is 39.0 Å². The average molecular weight is 276 g/mol. The van der Waals surface area contributed by atoms with E-state index in [9.17, 15) is 9.50 Å². The molecule has 1 unspecified atom stereocenters. The van der Waals surface area contributed by atoms with Crippen LogP contribution in [0.5, 0.6) is 0 Å². The zero-order chi connectivity index (χ0) is 14.3. The van der Waals surface area contributed by atoms with E-state index in [4.69, 9.17) is 4.74 Å². The van der Waals surface area contributed by atoms with Gasteiger partial charge in [0.05, 0.1) is 12.7 Å². The molecule has 0 saturated heterocycles. The molecule has 2 atom stereocenters. The van der Waals surface area contributed by atoms with E-state index < -0.39 is 6.36 Å². The van der Waals surface area contributed by atoms with Gasteiger partial charge < -0.3 is 9.84 Å². The molecule has 0 fully saturated rings. The van der Waals surface area contributed by atoms with Crippen molar-refractivity contribution in [3.8, 4) is 0 Å². The van der Waals surface area contributed by atoms with E-state index in [0.29, 0.717) is 6.61 Å². The molecule has 0 aromatic heterocycles. The Hall–Kier alpha value is -0.150. The first-order valence-corrected chi connectivity index (χ1v) is 8.10. The molecule has 0 aromatic rings. The summed E-state index contributed by atoms with van der Waals surface area (Å²) >= 11 is 0. The topological polar surface area (TPSA) is 29.5 Å². The Balaban J connectivity index is 3.03. The third-order valence-electron chi connectivity index (χ3n) is 3.40. The second-order valence-corrected chi connectivity index (χ2v) is 5.47. The second kappa shape index (κ2) is 14.3. The summed E-state index contributed by atoms with van der Waals surface area (Å²) in [5.41, 5.74) is 0. The normalized spacial score (nSPS) is 14.5. The Morgan fingerprint density at radius 3 is 1.95 bits per heavy atom. The minimum atomic E-state index is -1.12. The Kier molecular flexibility index (Phi) is 14.2. The molecular formula is C16H33FO2. The van der Waals surface area contributed by atoms with E-state index in [1.54, 1.807) is 0 Å². The van der Waals surface area contributed by atoms with E-state index in [2.05, 4.69) is 6.92 Å². The number of rotatable bonds is 14. The first kappa shape index (κ1) is 18.9. The van der Waals surface area contributed by atoms with Crippen LogP contribution in [0.2, 0.25) is 0 Å². The van der Waals surface area contributed by atoms with E-state index in [1.807, 2.05) is 0 Å². The molecule has 0 rings (SSSR count). The minimum Gasteiger partial charge on any atom is -0.393 e. The lowest BCUT2D eigenvalue weighted by Gasteiger charge is -2.08. The quantitative estimate of drug-likeness (QED) is 0.453. The monoisotopic (exact) mass is 276 g/mol. The first-order valence-electron chi connectivity index (χ1n) is 8.10. The first-order chi connectivity index (χ1) is 9.16. The van der Waals surface area contributed by atoms with Crippen molar-refractivity contribution in [2.75, 3.05) is 6.61 Å². The fourth-order valence-electron chi connectivity index (χ4n) is 2.27. The van der Waals surface area contributed by atoms with Crippen molar-refractivity contribution in [3.05, 3.63) is 0 Å². The lowest BCUT2D eigenvalue weighted by atomic mass is 10.0. The summed E-state index contributed by atoms with van der Waals surface area (Å²) in [7, 11) is 0. The van der Waals surface area contributed by atoms with Crippen molar-refractivity contribution in [3.63, 3.8) is 0 Å². The number of alkyl halides is 1. The van der Waals surface area contributed by atoms with Crippen LogP contribution in [0.3, 0.4) is 0 Å². The van der Waals surface area contributed by atoms with Crippen LogP contribution in [-0.4, -0.2) is 24.2 Å². The van der Waals surface area contributed by atoms with Crippen LogP contribution in [-0.2, 0) is 4.74 Å². The van der Waals surface area contributed by atoms with E-state index >= 15 is 0 Å². The summed E-state index contributed by atoms with van der Waals surface area (Å²) in [6, 6.07) is 0. The third-order valence-corrected chi connectivity index (χ3v) is 3.40. The highest BCUT2D eigenvalue weighted by Gasteiger charge is 2.01. The van der Waals surface area contributed by atoms with Gasteiger partial charge in [0, 0.05) is 0 Å². The molecule has 116 valence electrons. The molecule has 0 aromatic carbocycles. The van der Waals surface area contributed by atoms with Crippen LogP contribution >= 0.6 is 0 Å². The number of halogens is 1. The van der Waals surface area contributed by atoms with Crippen LogP contribution in [0.1, 0.15) is 84.5 Å². The maximum Gasteiger partial charge on any atom is 0.195 e. The predicted octanol–water partition coefficient (Wildman–Crippen LogP) is 4.99. The van der Waals surface area contributed by atoms with E-state index in [-0.39, 0.29) is 6.10 Å². The molecule has 0 amide bonds. The van der Waals surface area contributed by atoms with Gasteiger partial charge in [-0.2, -0.15) is 0 Å². The summed E-state index contributed by atoms with van der Waals surface area (Å²) in [5.74, 6) is 0. The van der Waals surface area contributed by atoms with Gasteiger partial charge in [0.25, 0.3) is 0 Å². The van der Waals surface area contributed by atoms with Gasteiger partial charge in [-0.15, -0.1) is 0 Å². The second-order valence-electron chi connectivity index (χ2n) is 5.47. The SMILES string of the molecule is CCC[C@H](O)CCCCCCCCCCOC(C)F. The number of aliphatic hydroxyl groups is 1. The van der Waals surface area contributed by atoms with Crippen molar-refractivity contribution in [1.82, 2.24) is 0 Å². The van der Waals surface area contributed by atoms with Crippen LogP contribution in [0.4, 0.5) is 4.39 Å². The smallest absolute Gasteiger partial charge is 0.195 e. The van der Waals surface area contributed by atoms with Gasteiger partial charge in [0.1, 0.15) is 0 Å². The highest BCUT2D eigenvalue weighted by molar-refractivity contribution is 4.55. The number of unbranched alkanes of at least 4 members (excludes halogenated alkanes) is 7. The number of hydrogen-bond donors (Lipinski definition) is 1. The van der Waals surface area contributed by atoms with Gasteiger partial charge in [0.2, 0.25) is 0 Å². The number of aliphatic hydroxyl groups excluding tert-OH is 1. The molecule has 19 heavy (non-hydrogen) atoms. The molecule has 0 spiro atoms. The summed E-state index contributed by atoms with van der Waals surface area (Å²) in [4.78, 5) is 0. The lowest BCUT2D eigenvalue weighted by molar-refractivity contribution is -0.0258. The molecule has 0 radical (unpaired) electrons. The maximum atomic E-state index is 12.3. The maximum absolute atomic E-state index is 12.3. The minimum absolute atomic E-state index is 0.0807. The largest absolute Gasteiger partial charge is 0.393 e. The lowest BCUT2D eigenvalue weighted by Crippen LogP contribution is -2.04. The molecule has 0 saturated carbocycles. The number of hydrogen-bond acceptors (Lipinski definition) is 2. The highest BCUT2D eigenvalue weighted by Crippen LogP contribution is 2.12. The molecular weight excluding hydrogens is 243 g/mol. The fourth-order valence-corrected chi connectivity index (χ4v) is 2.27. The third kappa shape index (κ3) is 15.8. The summed E-state index contributed by atoms with van der Waals surface area (Å²) < 4.78 is 17.2. The zero-order valence-electron chi connectivity index (χ0n) is 12.9. The van der Waals surface area contributed by atoms with Crippen LogP contribution in [0.15, 0.2) is 0 Å². The summed E-state index contributed by atoms with van der Waals surface area (Å²) in [6.45, 7) is 4.09. The highest BCUT2D eigenvalue weighted by atomic mass is 19.1. The standard InChI is InChI=1S/C16H33FO2/c1-3-12-16(18)13-10-8-6-4-5-7-9-11-14-19-15(2)17/h15-16,18H,3-14H2,1-2H3/t15?,16-/m0/s1. The molecule has 0 heterocycles. The van der Waals surface area contributed by atoms with Crippen molar-refractivity contribution in [1.29, 1.82) is 0 Å². The summed E-state index contributed by atoms with van der Waals surface area (Å²) in [6.07, 6.45) is 11.3. The fraction of sp³-hybridized carbons (Fsp3) is 1.00. The van der Waals surface area contributed by atoms with Gasteiger partial charge in [-0.1, -0.05) is 58.3 Å². The van der Waals surface area contributed by atoms with Crippen molar-refractivity contribution in [2.45, 2.75) is 96.9 Å². The van der Waals surface area contributed by atoms with Crippen molar-refractivity contribution >= 4 is 0 Å². The molecule has 0 aliphatic heterocycles. The van der Waals surface area contributed by atoms with Gasteiger partial charge in [0.15, 0.2) is 6.36 Å². The van der Waals surface area contributed by atoms with Crippen LogP contribution in [0, 0.1) is 0 Å². The number of ether oxygens (including phenoxy) is 1. The Labute approximate surface area is 118 Å². The molecule has 0 bridgehead atoms. The average Bonchev–Trinajstić information content (AvgIpc) is 2.36. The Morgan fingerprint density at radius 1 is 0.895 bits per heavy atom. The van der Waals surface area contributed by atoms with Crippen molar-refractivity contribution in [2.24, 2.45) is 0 Å². The van der Waals surface area contributed by atoms with E-state index in [0.717, 1.165) is 38.5 Å². The van der Waals surface area contributed by atoms with Gasteiger partial charge in [-0.05, 0) is 26.2 Å². The van der Waals surface area contributed by atoms with Crippen LogP contribution in [0.25, 0.3) is 0 Å². The molecule has 0 aliphatic rings. The molecule has 3 heteroatoms. The Bertz CT molecular complexity index is 174. The van der Waals surface area contributed by atoms with Crippen molar-refractivity contribution < 1.29 is 14.2 Å². The van der Waals surface area contributed by atoms with Gasteiger partial charge >= 0.3 is 0 Å². The predicted molar refractivity (Wildman–Crippen MR) is 79.0 cm³/mol. The van der Waals surface area contributed by atoms with Gasteiger partial charge in [-0.3, -0.25) is 0 Å². The van der Waals surface area contributed by atoms with Crippen LogP contribution < -0.4 is 0 Å². The zero-order valence-corrected chi connectivity index (χ0v) is 12.9. The molecule has 0 aliphatic carbocycles.